The zero-order valence-electron chi connectivity index (χ0n) is 9.39. The highest BCUT2D eigenvalue weighted by Gasteiger charge is 2.22. The number of carbonyl (C=O) groups excluding carboxylic acids is 1. The molecule has 1 amide bonds. The van der Waals surface area contributed by atoms with Crippen molar-refractivity contribution in [1.82, 2.24) is 4.90 Å². The summed E-state index contributed by atoms with van der Waals surface area (Å²) >= 11 is 1.69. The van der Waals surface area contributed by atoms with Gasteiger partial charge in [-0.2, -0.15) is 0 Å². The first-order valence-electron chi connectivity index (χ1n) is 5.82. The fourth-order valence-corrected chi connectivity index (χ4v) is 2.97. The van der Waals surface area contributed by atoms with Crippen LogP contribution in [0.4, 0.5) is 0 Å². The molecule has 0 saturated carbocycles. The van der Waals surface area contributed by atoms with Crippen LogP contribution in [0.5, 0.6) is 0 Å². The second-order valence-corrected chi connectivity index (χ2v) is 5.22. The fourth-order valence-electron chi connectivity index (χ4n) is 2.13. The van der Waals surface area contributed by atoms with Crippen LogP contribution in [0.1, 0.15) is 30.1 Å². The molecule has 4 heteroatoms. The maximum absolute atomic E-state index is 12.0. The summed E-state index contributed by atoms with van der Waals surface area (Å²) in [5, 5.41) is 2.04. The standard InChI is InChI=1S/C12H18N2OS/c13-9-10(11-4-3-7-16-11)8-12(15)14-5-1-2-6-14/h3-4,7,10H,1-2,5-6,8-9,13H2. The highest BCUT2D eigenvalue weighted by molar-refractivity contribution is 7.10. The van der Waals surface area contributed by atoms with Gasteiger partial charge < -0.3 is 10.6 Å². The monoisotopic (exact) mass is 238 g/mol. The minimum Gasteiger partial charge on any atom is -0.343 e. The lowest BCUT2D eigenvalue weighted by atomic mass is 10.0. The summed E-state index contributed by atoms with van der Waals surface area (Å²) in [5.41, 5.74) is 5.75. The zero-order chi connectivity index (χ0) is 11.4. The summed E-state index contributed by atoms with van der Waals surface area (Å²) in [5.74, 6) is 0.467. The van der Waals surface area contributed by atoms with Gasteiger partial charge in [-0.25, -0.2) is 0 Å². The third-order valence-electron chi connectivity index (χ3n) is 3.11. The van der Waals surface area contributed by atoms with Gasteiger partial charge in [-0.3, -0.25) is 4.79 Å². The number of amides is 1. The molecule has 0 radical (unpaired) electrons. The molecule has 1 fully saturated rings. The maximum Gasteiger partial charge on any atom is 0.223 e. The van der Waals surface area contributed by atoms with Crippen LogP contribution in [0.15, 0.2) is 17.5 Å². The van der Waals surface area contributed by atoms with Gasteiger partial charge in [0.2, 0.25) is 5.91 Å². The van der Waals surface area contributed by atoms with E-state index in [0.717, 1.165) is 25.9 Å². The zero-order valence-corrected chi connectivity index (χ0v) is 10.2. The maximum atomic E-state index is 12.0. The molecule has 1 unspecified atom stereocenters. The molecular formula is C12H18N2OS. The summed E-state index contributed by atoms with van der Waals surface area (Å²) in [6.45, 7) is 2.42. The second-order valence-electron chi connectivity index (χ2n) is 4.24. The molecule has 1 aliphatic rings. The first kappa shape index (κ1) is 11.6. The number of nitrogens with zero attached hydrogens (tertiary/aromatic N) is 1. The summed E-state index contributed by atoms with van der Waals surface area (Å²) in [6.07, 6.45) is 2.87. The Balaban J connectivity index is 1.93. The van der Waals surface area contributed by atoms with Crippen molar-refractivity contribution in [2.75, 3.05) is 19.6 Å². The predicted molar refractivity (Wildman–Crippen MR) is 66.5 cm³/mol. The van der Waals surface area contributed by atoms with Crippen LogP contribution < -0.4 is 5.73 Å². The second kappa shape index (κ2) is 5.46. The van der Waals surface area contributed by atoms with E-state index in [1.165, 1.54) is 4.88 Å². The van der Waals surface area contributed by atoms with Gasteiger partial charge in [0.05, 0.1) is 0 Å². The summed E-state index contributed by atoms with van der Waals surface area (Å²) < 4.78 is 0. The molecule has 0 aliphatic carbocycles. The van der Waals surface area contributed by atoms with Crippen LogP contribution in [0.2, 0.25) is 0 Å². The Morgan fingerprint density at radius 2 is 2.25 bits per heavy atom. The average molecular weight is 238 g/mol. The van der Waals surface area contributed by atoms with Crippen LogP contribution in [-0.4, -0.2) is 30.4 Å². The normalized spacial score (nSPS) is 17.7. The van der Waals surface area contributed by atoms with Gasteiger partial charge in [0, 0.05) is 36.9 Å². The number of likely N-dealkylation sites (tertiary alicyclic amines) is 1. The van der Waals surface area contributed by atoms with Crippen molar-refractivity contribution >= 4 is 17.2 Å². The highest BCUT2D eigenvalue weighted by atomic mass is 32.1. The molecule has 2 heterocycles. The minimum absolute atomic E-state index is 0.202. The molecule has 88 valence electrons. The van der Waals surface area contributed by atoms with Crippen molar-refractivity contribution in [3.63, 3.8) is 0 Å². The lowest BCUT2D eigenvalue weighted by molar-refractivity contribution is -0.130. The predicted octanol–water partition coefficient (Wildman–Crippen LogP) is 1.80. The Hall–Kier alpha value is -0.870. The van der Waals surface area contributed by atoms with E-state index in [0.29, 0.717) is 13.0 Å². The number of thiophene rings is 1. The lowest BCUT2D eigenvalue weighted by Crippen LogP contribution is -2.30. The Labute approximate surface area is 100 Å². The lowest BCUT2D eigenvalue weighted by Gasteiger charge is -2.19. The molecule has 0 spiro atoms. The molecule has 16 heavy (non-hydrogen) atoms. The van der Waals surface area contributed by atoms with E-state index >= 15 is 0 Å². The Bertz CT molecular complexity index is 331. The van der Waals surface area contributed by atoms with Crippen molar-refractivity contribution in [3.05, 3.63) is 22.4 Å². The van der Waals surface area contributed by atoms with Gasteiger partial charge in [-0.1, -0.05) is 6.07 Å². The minimum atomic E-state index is 0.202. The topological polar surface area (TPSA) is 46.3 Å². The quantitative estimate of drug-likeness (QED) is 0.869. The summed E-state index contributed by atoms with van der Waals surface area (Å²) in [6, 6.07) is 4.09. The molecule has 1 atom stereocenters. The number of carbonyl (C=O) groups is 1. The van der Waals surface area contributed by atoms with E-state index < -0.39 is 0 Å². The number of hydrogen-bond donors (Lipinski definition) is 1. The largest absolute Gasteiger partial charge is 0.343 e. The number of nitrogens with two attached hydrogens (primary N) is 1. The molecule has 2 rings (SSSR count). The van der Waals surface area contributed by atoms with Crippen molar-refractivity contribution in [1.29, 1.82) is 0 Å². The highest BCUT2D eigenvalue weighted by Crippen LogP contribution is 2.24. The van der Waals surface area contributed by atoms with E-state index in [4.69, 9.17) is 5.73 Å². The number of hydrogen-bond acceptors (Lipinski definition) is 3. The van der Waals surface area contributed by atoms with Crippen LogP contribution in [0.25, 0.3) is 0 Å². The molecule has 0 aromatic carbocycles. The SMILES string of the molecule is NCC(CC(=O)N1CCCC1)c1cccs1. The molecule has 1 aromatic heterocycles. The first-order valence-corrected chi connectivity index (χ1v) is 6.70. The van der Waals surface area contributed by atoms with E-state index in [2.05, 4.69) is 6.07 Å². The van der Waals surface area contributed by atoms with E-state index in [9.17, 15) is 4.79 Å². The van der Waals surface area contributed by atoms with Crippen molar-refractivity contribution in [2.24, 2.45) is 5.73 Å². The molecule has 1 aromatic rings. The molecule has 0 bridgehead atoms. The van der Waals surface area contributed by atoms with Crippen molar-refractivity contribution in [2.45, 2.75) is 25.2 Å². The van der Waals surface area contributed by atoms with Gasteiger partial charge in [-0.15, -0.1) is 11.3 Å². The molecule has 1 saturated heterocycles. The average Bonchev–Trinajstić information content (AvgIpc) is 2.96. The van der Waals surface area contributed by atoms with Crippen LogP contribution in [0.3, 0.4) is 0 Å². The Morgan fingerprint density at radius 3 is 2.81 bits per heavy atom. The summed E-state index contributed by atoms with van der Waals surface area (Å²) in [7, 11) is 0. The van der Waals surface area contributed by atoms with E-state index in [-0.39, 0.29) is 11.8 Å². The molecule has 1 aliphatic heterocycles. The van der Waals surface area contributed by atoms with Gasteiger partial charge in [-0.05, 0) is 24.3 Å². The van der Waals surface area contributed by atoms with Crippen LogP contribution >= 0.6 is 11.3 Å². The smallest absolute Gasteiger partial charge is 0.223 e. The van der Waals surface area contributed by atoms with Gasteiger partial charge in [0.15, 0.2) is 0 Å². The first-order chi connectivity index (χ1) is 7.81. The van der Waals surface area contributed by atoms with Crippen molar-refractivity contribution in [3.8, 4) is 0 Å². The van der Waals surface area contributed by atoms with Crippen LogP contribution in [-0.2, 0) is 4.79 Å². The fraction of sp³-hybridized carbons (Fsp3) is 0.583. The van der Waals surface area contributed by atoms with Gasteiger partial charge in [0.1, 0.15) is 0 Å². The Morgan fingerprint density at radius 1 is 1.50 bits per heavy atom. The van der Waals surface area contributed by atoms with Crippen molar-refractivity contribution < 1.29 is 4.79 Å². The summed E-state index contributed by atoms with van der Waals surface area (Å²) in [4.78, 5) is 15.2. The third kappa shape index (κ3) is 2.62. The van der Waals surface area contributed by atoms with Gasteiger partial charge in [0.25, 0.3) is 0 Å². The van der Waals surface area contributed by atoms with E-state index in [1.54, 1.807) is 11.3 Å². The molecular weight excluding hydrogens is 220 g/mol. The molecule has 2 N–H and O–H groups in total. The Kier molecular flexibility index (Phi) is 3.96. The van der Waals surface area contributed by atoms with Crippen LogP contribution in [0, 0.1) is 0 Å². The number of rotatable bonds is 4. The van der Waals surface area contributed by atoms with Gasteiger partial charge >= 0.3 is 0 Å². The molecule has 3 nitrogen and oxygen atoms in total. The third-order valence-corrected chi connectivity index (χ3v) is 4.14. The van der Waals surface area contributed by atoms with E-state index in [1.807, 2.05) is 16.3 Å².